The van der Waals surface area contributed by atoms with Crippen LogP contribution in [0.25, 0.3) is 0 Å². The highest BCUT2D eigenvalue weighted by molar-refractivity contribution is 6.30. The Balaban J connectivity index is 2.78. The first-order valence-corrected chi connectivity index (χ1v) is 5.50. The van der Waals surface area contributed by atoms with Crippen LogP contribution in [0, 0.1) is 0 Å². The van der Waals surface area contributed by atoms with Gasteiger partial charge in [0.25, 0.3) is 0 Å². The molecule has 1 aromatic carbocycles. The van der Waals surface area contributed by atoms with Crippen LogP contribution in [0.1, 0.15) is 12.5 Å². The number of ether oxygens (including phenoxy) is 1. The number of hydrogen-bond acceptors (Lipinski definition) is 3. The first-order chi connectivity index (χ1) is 8.02. The predicted molar refractivity (Wildman–Crippen MR) is 64.8 cm³/mol. The van der Waals surface area contributed by atoms with Gasteiger partial charge in [-0.25, -0.2) is 4.79 Å². The van der Waals surface area contributed by atoms with Crippen molar-refractivity contribution in [2.24, 2.45) is 0 Å². The molecule has 0 fully saturated rings. The second-order valence-corrected chi connectivity index (χ2v) is 4.05. The summed E-state index contributed by atoms with van der Waals surface area (Å²) in [5, 5.41) is 3.13. The van der Waals surface area contributed by atoms with E-state index in [0.717, 1.165) is 5.56 Å². The Hall–Kier alpha value is -1.55. The van der Waals surface area contributed by atoms with Crippen LogP contribution in [0.4, 0.5) is 0 Å². The van der Waals surface area contributed by atoms with Crippen LogP contribution in [0.15, 0.2) is 24.3 Å². The molecule has 1 aromatic rings. The molecule has 4 nitrogen and oxygen atoms in total. The molecule has 0 unspecified atom stereocenters. The molecule has 0 radical (unpaired) electrons. The molecule has 17 heavy (non-hydrogen) atoms. The number of carbonyl (C=O) groups excluding carboxylic acids is 2. The van der Waals surface area contributed by atoms with E-state index in [2.05, 4.69) is 10.1 Å². The summed E-state index contributed by atoms with van der Waals surface area (Å²) in [6.45, 7) is 1.36. The van der Waals surface area contributed by atoms with Gasteiger partial charge in [0.2, 0.25) is 5.91 Å². The van der Waals surface area contributed by atoms with Gasteiger partial charge in [-0.3, -0.25) is 4.79 Å². The number of amides is 1. The van der Waals surface area contributed by atoms with Gasteiger partial charge in [0.15, 0.2) is 0 Å². The summed E-state index contributed by atoms with van der Waals surface area (Å²) in [6.07, 6.45) is 0.354. The number of esters is 1. The third-order valence-electron chi connectivity index (χ3n) is 2.19. The molecule has 0 spiro atoms. The highest BCUT2D eigenvalue weighted by Crippen LogP contribution is 2.12. The molecule has 0 saturated carbocycles. The highest BCUT2D eigenvalue weighted by Gasteiger charge is 2.20. The van der Waals surface area contributed by atoms with Crippen molar-refractivity contribution in [1.82, 2.24) is 5.32 Å². The van der Waals surface area contributed by atoms with Crippen LogP contribution in [0.3, 0.4) is 0 Å². The zero-order valence-electron chi connectivity index (χ0n) is 9.70. The van der Waals surface area contributed by atoms with E-state index < -0.39 is 12.0 Å². The maximum Gasteiger partial charge on any atom is 0.328 e. The van der Waals surface area contributed by atoms with Crippen molar-refractivity contribution in [2.45, 2.75) is 19.4 Å². The van der Waals surface area contributed by atoms with Crippen LogP contribution >= 0.6 is 11.6 Å². The zero-order chi connectivity index (χ0) is 12.8. The van der Waals surface area contributed by atoms with Crippen LogP contribution < -0.4 is 5.32 Å². The number of halogens is 1. The Labute approximate surface area is 105 Å². The second kappa shape index (κ2) is 6.25. The molecule has 1 atom stereocenters. The summed E-state index contributed by atoms with van der Waals surface area (Å²) in [5.74, 6) is -0.748. The van der Waals surface area contributed by atoms with Gasteiger partial charge in [0, 0.05) is 18.4 Å². The fourth-order valence-corrected chi connectivity index (χ4v) is 1.69. The summed E-state index contributed by atoms with van der Waals surface area (Å²) >= 11 is 5.84. The molecule has 0 bridgehead atoms. The molecule has 0 heterocycles. The lowest BCUT2D eigenvalue weighted by Gasteiger charge is -2.15. The number of rotatable bonds is 4. The van der Waals surface area contributed by atoms with E-state index in [1.165, 1.54) is 14.0 Å². The molecule has 0 aliphatic rings. The van der Waals surface area contributed by atoms with Crippen LogP contribution in [-0.2, 0) is 20.7 Å². The van der Waals surface area contributed by atoms with E-state index in [-0.39, 0.29) is 5.91 Å². The molecule has 1 N–H and O–H groups in total. The Morgan fingerprint density at radius 2 is 2.18 bits per heavy atom. The summed E-state index contributed by atoms with van der Waals surface area (Å²) < 4.78 is 4.63. The van der Waals surface area contributed by atoms with E-state index in [9.17, 15) is 9.59 Å². The van der Waals surface area contributed by atoms with Crippen molar-refractivity contribution in [1.29, 1.82) is 0 Å². The Morgan fingerprint density at radius 1 is 1.47 bits per heavy atom. The van der Waals surface area contributed by atoms with Crippen molar-refractivity contribution in [3.05, 3.63) is 34.9 Å². The summed E-state index contributed by atoms with van der Waals surface area (Å²) in [5.41, 5.74) is 0.863. The van der Waals surface area contributed by atoms with Gasteiger partial charge in [-0.2, -0.15) is 0 Å². The molecule has 92 valence electrons. The lowest BCUT2D eigenvalue weighted by molar-refractivity contribution is -0.144. The Bertz CT molecular complexity index is 420. The molecular formula is C12H14ClNO3. The predicted octanol–water partition coefficient (Wildman–Crippen LogP) is 1.56. The molecule has 0 aromatic heterocycles. The summed E-state index contributed by atoms with van der Waals surface area (Å²) in [6, 6.07) is 6.44. The van der Waals surface area contributed by atoms with Crippen molar-refractivity contribution >= 4 is 23.5 Å². The van der Waals surface area contributed by atoms with Gasteiger partial charge >= 0.3 is 5.97 Å². The van der Waals surface area contributed by atoms with Crippen molar-refractivity contribution in [3.8, 4) is 0 Å². The number of carbonyl (C=O) groups is 2. The minimum atomic E-state index is -0.684. The lowest BCUT2D eigenvalue weighted by atomic mass is 10.1. The normalized spacial score (nSPS) is 11.7. The average Bonchev–Trinajstić information content (AvgIpc) is 2.26. The fraction of sp³-hybridized carbons (Fsp3) is 0.333. The smallest absolute Gasteiger partial charge is 0.328 e. The SMILES string of the molecule is COC(=O)[C@H](Cc1cccc(Cl)c1)NC(C)=O. The number of methoxy groups -OCH3 is 1. The van der Waals surface area contributed by atoms with Crippen molar-refractivity contribution < 1.29 is 14.3 Å². The van der Waals surface area contributed by atoms with Crippen LogP contribution in [0.5, 0.6) is 0 Å². The van der Waals surface area contributed by atoms with Crippen molar-refractivity contribution in [3.63, 3.8) is 0 Å². The molecule has 1 amide bonds. The van der Waals surface area contributed by atoms with E-state index in [0.29, 0.717) is 11.4 Å². The monoisotopic (exact) mass is 255 g/mol. The van der Waals surface area contributed by atoms with Gasteiger partial charge in [-0.15, -0.1) is 0 Å². The first kappa shape index (κ1) is 13.5. The standard InChI is InChI=1S/C12H14ClNO3/c1-8(15)14-11(12(16)17-2)7-9-4-3-5-10(13)6-9/h3-6,11H,7H2,1-2H3,(H,14,15)/t11-/m0/s1. The second-order valence-electron chi connectivity index (χ2n) is 3.61. The van der Waals surface area contributed by atoms with Gasteiger partial charge in [-0.1, -0.05) is 23.7 Å². The number of hydrogen-bond donors (Lipinski definition) is 1. The largest absolute Gasteiger partial charge is 0.467 e. The molecule has 0 aliphatic heterocycles. The Kier molecular flexibility index (Phi) is 4.97. The highest BCUT2D eigenvalue weighted by atomic mass is 35.5. The molecular weight excluding hydrogens is 242 g/mol. The summed E-state index contributed by atoms with van der Waals surface area (Å²) in [7, 11) is 1.29. The summed E-state index contributed by atoms with van der Waals surface area (Å²) in [4.78, 5) is 22.5. The fourth-order valence-electron chi connectivity index (χ4n) is 1.48. The van der Waals surface area contributed by atoms with Crippen molar-refractivity contribution in [2.75, 3.05) is 7.11 Å². The lowest BCUT2D eigenvalue weighted by Crippen LogP contribution is -2.41. The Morgan fingerprint density at radius 3 is 2.71 bits per heavy atom. The topological polar surface area (TPSA) is 55.4 Å². The number of benzene rings is 1. The van der Waals surface area contributed by atoms with Crippen LogP contribution in [0.2, 0.25) is 5.02 Å². The van der Waals surface area contributed by atoms with E-state index >= 15 is 0 Å². The first-order valence-electron chi connectivity index (χ1n) is 5.12. The minimum absolute atomic E-state index is 0.276. The van der Waals surface area contributed by atoms with Gasteiger partial charge in [-0.05, 0) is 17.7 Å². The van der Waals surface area contributed by atoms with E-state index in [1.54, 1.807) is 18.2 Å². The molecule has 5 heteroatoms. The average molecular weight is 256 g/mol. The maximum atomic E-state index is 11.5. The quantitative estimate of drug-likeness (QED) is 0.831. The van der Waals surface area contributed by atoms with E-state index in [1.807, 2.05) is 6.07 Å². The maximum absolute atomic E-state index is 11.5. The third-order valence-corrected chi connectivity index (χ3v) is 2.43. The van der Waals surface area contributed by atoms with E-state index in [4.69, 9.17) is 11.6 Å². The van der Waals surface area contributed by atoms with Crippen LogP contribution in [-0.4, -0.2) is 25.0 Å². The van der Waals surface area contributed by atoms with Gasteiger partial charge in [0.1, 0.15) is 6.04 Å². The molecule has 1 rings (SSSR count). The molecule has 0 aliphatic carbocycles. The minimum Gasteiger partial charge on any atom is -0.467 e. The van der Waals surface area contributed by atoms with Gasteiger partial charge in [0.05, 0.1) is 7.11 Å². The third kappa shape index (κ3) is 4.44. The molecule has 0 saturated heterocycles. The zero-order valence-corrected chi connectivity index (χ0v) is 10.5. The number of nitrogens with one attached hydrogen (secondary N) is 1. The van der Waals surface area contributed by atoms with Gasteiger partial charge < -0.3 is 10.1 Å².